The molecule has 0 radical (unpaired) electrons. The summed E-state index contributed by atoms with van der Waals surface area (Å²) >= 11 is 5.76. The number of ether oxygens (including phenoxy) is 1. The van der Waals surface area contributed by atoms with Gasteiger partial charge in [-0.25, -0.2) is 5.43 Å². The first kappa shape index (κ1) is 21.9. The molecule has 0 fully saturated rings. The highest BCUT2D eigenvalue weighted by molar-refractivity contribution is 6.39. The molecular weight excluding hydrogens is 396 g/mol. The Kier molecular flexibility index (Phi) is 8.17. The molecule has 0 aliphatic heterocycles. The SMILES string of the molecule is CC(C)NC(=O)COc1ccc(C=NNC(=O)C(=O)Nc2ccc(Cl)cc2)cc1. The highest BCUT2D eigenvalue weighted by Gasteiger charge is 2.12. The Morgan fingerprint density at radius 3 is 2.31 bits per heavy atom. The minimum atomic E-state index is -0.910. The number of carbonyl (C=O) groups is 3. The number of nitrogens with zero attached hydrogens (tertiary/aromatic N) is 1. The maximum Gasteiger partial charge on any atom is 0.329 e. The lowest BCUT2D eigenvalue weighted by Crippen LogP contribution is -2.34. The Hall–Kier alpha value is -3.39. The quantitative estimate of drug-likeness (QED) is 0.365. The molecule has 0 saturated carbocycles. The van der Waals surface area contributed by atoms with E-state index < -0.39 is 11.8 Å². The van der Waals surface area contributed by atoms with E-state index in [0.29, 0.717) is 22.0 Å². The third-order valence-corrected chi connectivity index (χ3v) is 3.64. The highest BCUT2D eigenvalue weighted by atomic mass is 35.5. The van der Waals surface area contributed by atoms with Gasteiger partial charge in [0.15, 0.2) is 6.61 Å². The summed E-state index contributed by atoms with van der Waals surface area (Å²) in [7, 11) is 0. The zero-order valence-electron chi connectivity index (χ0n) is 15.9. The summed E-state index contributed by atoms with van der Waals surface area (Å²) in [5.41, 5.74) is 3.25. The lowest BCUT2D eigenvalue weighted by molar-refractivity contribution is -0.136. The van der Waals surface area contributed by atoms with E-state index in [0.717, 1.165) is 0 Å². The van der Waals surface area contributed by atoms with Crippen molar-refractivity contribution in [3.63, 3.8) is 0 Å². The van der Waals surface area contributed by atoms with Crippen LogP contribution in [0.25, 0.3) is 0 Å². The minimum absolute atomic E-state index is 0.0492. The Balaban J connectivity index is 1.79. The summed E-state index contributed by atoms with van der Waals surface area (Å²) in [6.45, 7) is 3.66. The first-order valence-electron chi connectivity index (χ1n) is 8.75. The predicted molar refractivity (Wildman–Crippen MR) is 111 cm³/mol. The lowest BCUT2D eigenvalue weighted by atomic mass is 10.2. The van der Waals surface area contributed by atoms with E-state index in [2.05, 4.69) is 21.2 Å². The van der Waals surface area contributed by atoms with Crippen LogP contribution in [0.2, 0.25) is 5.02 Å². The Bertz CT molecular complexity index is 880. The maximum atomic E-state index is 11.8. The summed E-state index contributed by atoms with van der Waals surface area (Å²) < 4.78 is 5.37. The van der Waals surface area contributed by atoms with Gasteiger partial charge >= 0.3 is 11.8 Å². The van der Waals surface area contributed by atoms with Gasteiger partial charge in [0.1, 0.15) is 5.75 Å². The third-order valence-electron chi connectivity index (χ3n) is 3.39. The molecule has 0 bridgehead atoms. The van der Waals surface area contributed by atoms with Gasteiger partial charge in [0, 0.05) is 16.8 Å². The van der Waals surface area contributed by atoms with Crippen molar-refractivity contribution in [2.75, 3.05) is 11.9 Å². The van der Waals surface area contributed by atoms with Gasteiger partial charge in [-0.3, -0.25) is 14.4 Å². The molecule has 0 atom stereocenters. The third kappa shape index (κ3) is 8.02. The molecule has 2 rings (SSSR count). The van der Waals surface area contributed by atoms with Gasteiger partial charge in [0.2, 0.25) is 0 Å². The molecule has 0 unspecified atom stereocenters. The van der Waals surface area contributed by atoms with Crippen molar-refractivity contribution >= 4 is 41.2 Å². The van der Waals surface area contributed by atoms with Crippen LogP contribution in [-0.4, -0.2) is 36.6 Å². The van der Waals surface area contributed by atoms with Crippen LogP contribution in [0.1, 0.15) is 19.4 Å². The van der Waals surface area contributed by atoms with Gasteiger partial charge in [0.25, 0.3) is 5.91 Å². The highest BCUT2D eigenvalue weighted by Crippen LogP contribution is 2.13. The van der Waals surface area contributed by atoms with Crippen molar-refractivity contribution in [2.24, 2.45) is 5.10 Å². The normalized spacial score (nSPS) is 10.6. The van der Waals surface area contributed by atoms with Crippen LogP contribution in [0.15, 0.2) is 53.6 Å². The number of hydrogen-bond donors (Lipinski definition) is 3. The summed E-state index contributed by atoms with van der Waals surface area (Å²) in [5, 5.41) is 9.42. The summed E-state index contributed by atoms with van der Waals surface area (Å²) in [4.78, 5) is 35.1. The molecule has 152 valence electrons. The first-order valence-corrected chi connectivity index (χ1v) is 9.13. The van der Waals surface area contributed by atoms with E-state index in [9.17, 15) is 14.4 Å². The molecule has 0 spiro atoms. The zero-order chi connectivity index (χ0) is 21.2. The van der Waals surface area contributed by atoms with Crippen LogP contribution >= 0.6 is 11.6 Å². The van der Waals surface area contributed by atoms with Crippen molar-refractivity contribution in [2.45, 2.75) is 19.9 Å². The second-order valence-electron chi connectivity index (χ2n) is 6.24. The lowest BCUT2D eigenvalue weighted by Gasteiger charge is -2.09. The molecule has 0 aliphatic carbocycles. The Morgan fingerprint density at radius 1 is 1.03 bits per heavy atom. The number of hydrogen-bond acceptors (Lipinski definition) is 5. The average Bonchev–Trinajstić information content (AvgIpc) is 2.68. The summed E-state index contributed by atoms with van der Waals surface area (Å²) in [5.74, 6) is -1.45. The molecule has 3 amide bonds. The van der Waals surface area contributed by atoms with Crippen LogP contribution in [-0.2, 0) is 14.4 Å². The fraction of sp³-hybridized carbons (Fsp3) is 0.200. The molecule has 2 aromatic rings. The number of halogens is 1. The average molecular weight is 417 g/mol. The molecule has 9 heteroatoms. The topological polar surface area (TPSA) is 109 Å². The molecule has 8 nitrogen and oxygen atoms in total. The van der Waals surface area contributed by atoms with E-state index in [1.54, 1.807) is 48.5 Å². The van der Waals surface area contributed by atoms with Crippen molar-refractivity contribution < 1.29 is 19.1 Å². The number of anilines is 1. The van der Waals surface area contributed by atoms with E-state index in [1.807, 2.05) is 13.8 Å². The first-order chi connectivity index (χ1) is 13.8. The zero-order valence-corrected chi connectivity index (χ0v) is 16.7. The molecule has 29 heavy (non-hydrogen) atoms. The summed E-state index contributed by atoms with van der Waals surface area (Å²) in [6, 6.07) is 13.1. The van der Waals surface area contributed by atoms with Crippen LogP contribution in [0.3, 0.4) is 0 Å². The van der Waals surface area contributed by atoms with Crippen molar-refractivity contribution in [3.05, 3.63) is 59.1 Å². The number of carbonyl (C=O) groups excluding carboxylic acids is 3. The van der Waals surface area contributed by atoms with Gasteiger partial charge < -0.3 is 15.4 Å². The molecule has 0 aliphatic rings. The fourth-order valence-electron chi connectivity index (χ4n) is 2.10. The van der Waals surface area contributed by atoms with Crippen molar-refractivity contribution in [1.82, 2.24) is 10.7 Å². The van der Waals surface area contributed by atoms with Crippen LogP contribution in [0.4, 0.5) is 5.69 Å². The molecule has 0 aromatic heterocycles. The van der Waals surface area contributed by atoms with Gasteiger partial charge in [0.05, 0.1) is 6.21 Å². The largest absolute Gasteiger partial charge is 0.484 e. The predicted octanol–water partition coefficient (Wildman–Crippen LogP) is 2.33. The van der Waals surface area contributed by atoms with Crippen molar-refractivity contribution in [3.8, 4) is 5.75 Å². The molecule has 3 N–H and O–H groups in total. The molecule has 0 heterocycles. The number of hydrazone groups is 1. The van der Waals surface area contributed by atoms with Crippen molar-refractivity contribution in [1.29, 1.82) is 0 Å². The monoisotopic (exact) mass is 416 g/mol. The van der Waals surface area contributed by atoms with E-state index in [1.165, 1.54) is 6.21 Å². The number of amides is 3. The number of rotatable bonds is 7. The van der Waals surface area contributed by atoms with Gasteiger partial charge in [-0.2, -0.15) is 5.10 Å². The second-order valence-corrected chi connectivity index (χ2v) is 6.68. The second kappa shape index (κ2) is 10.8. The van der Waals surface area contributed by atoms with E-state index in [4.69, 9.17) is 16.3 Å². The maximum absolute atomic E-state index is 11.8. The minimum Gasteiger partial charge on any atom is -0.484 e. The van der Waals surface area contributed by atoms with E-state index in [-0.39, 0.29) is 18.6 Å². The van der Waals surface area contributed by atoms with Crippen LogP contribution in [0, 0.1) is 0 Å². The molecule has 0 saturated heterocycles. The van der Waals surface area contributed by atoms with Gasteiger partial charge in [-0.1, -0.05) is 11.6 Å². The fourth-order valence-corrected chi connectivity index (χ4v) is 2.23. The number of nitrogens with one attached hydrogen (secondary N) is 3. The van der Waals surface area contributed by atoms with Gasteiger partial charge in [-0.05, 0) is 67.9 Å². The molecular formula is C20H21ClN4O4. The Labute approximate surface area is 173 Å². The molecule has 2 aromatic carbocycles. The smallest absolute Gasteiger partial charge is 0.329 e. The Morgan fingerprint density at radius 2 is 1.69 bits per heavy atom. The van der Waals surface area contributed by atoms with Crippen LogP contribution < -0.4 is 20.8 Å². The summed E-state index contributed by atoms with van der Waals surface area (Å²) in [6.07, 6.45) is 1.38. The van der Waals surface area contributed by atoms with Crippen LogP contribution in [0.5, 0.6) is 5.75 Å². The number of benzene rings is 2. The standard InChI is InChI=1S/C20H21ClN4O4/c1-13(2)23-18(26)12-29-17-9-3-14(4-10-17)11-22-25-20(28)19(27)24-16-7-5-15(21)6-8-16/h3-11,13H,12H2,1-2H3,(H,23,26)(H,24,27)(H,25,28). The van der Waals surface area contributed by atoms with E-state index >= 15 is 0 Å². The van der Waals surface area contributed by atoms with Gasteiger partial charge in [-0.15, -0.1) is 0 Å².